The van der Waals surface area contributed by atoms with Crippen molar-refractivity contribution in [1.82, 2.24) is 5.32 Å². The molecule has 1 N–H and O–H groups in total. The Morgan fingerprint density at radius 2 is 1.88 bits per heavy atom. The number of aryl methyl sites for hydroxylation is 2. The minimum absolute atomic E-state index is 0.0484. The first-order valence-electron chi connectivity index (χ1n) is 8.36. The fourth-order valence-corrected chi connectivity index (χ4v) is 3.12. The number of carbonyl (C=O) groups is 2. The van der Waals surface area contributed by atoms with E-state index in [-0.39, 0.29) is 18.2 Å². The number of hydrogen-bond donors (Lipinski definition) is 1. The molecule has 130 valence electrons. The van der Waals surface area contributed by atoms with Crippen LogP contribution in [0.15, 0.2) is 42.5 Å². The third-order valence-electron chi connectivity index (χ3n) is 4.62. The van der Waals surface area contributed by atoms with Crippen molar-refractivity contribution in [2.24, 2.45) is 0 Å². The Morgan fingerprint density at radius 1 is 1.16 bits per heavy atom. The van der Waals surface area contributed by atoms with Crippen LogP contribution in [-0.2, 0) is 16.0 Å². The molecule has 0 saturated carbocycles. The van der Waals surface area contributed by atoms with Crippen molar-refractivity contribution in [1.29, 1.82) is 0 Å². The molecule has 1 fully saturated rings. The Kier molecular flexibility index (Phi) is 5.09. The molecule has 2 aromatic carbocycles. The molecular formula is C20H21ClN2O2. The maximum absolute atomic E-state index is 12.6. The quantitative estimate of drug-likeness (QED) is 0.912. The van der Waals surface area contributed by atoms with Crippen molar-refractivity contribution < 1.29 is 9.59 Å². The summed E-state index contributed by atoms with van der Waals surface area (Å²) in [7, 11) is 0. The summed E-state index contributed by atoms with van der Waals surface area (Å²) in [5.41, 5.74) is 4.12. The van der Waals surface area contributed by atoms with Crippen LogP contribution in [0.4, 0.5) is 5.69 Å². The minimum Gasteiger partial charge on any atom is -0.344 e. The van der Waals surface area contributed by atoms with Crippen LogP contribution in [0.2, 0.25) is 5.02 Å². The van der Waals surface area contributed by atoms with Crippen LogP contribution in [0.5, 0.6) is 0 Å². The van der Waals surface area contributed by atoms with E-state index in [2.05, 4.69) is 5.32 Å². The number of carbonyl (C=O) groups excluding carboxylic acids is 2. The summed E-state index contributed by atoms with van der Waals surface area (Å²) in [6, 6.07) is 12.7. The number of halogens is 1. The lowest BCUT2D eigenvalue weighted by Gasteiger charge is -2.18. The molecule has 1 aliphatic heterocycles. The van der Waals surface area contributed by atoms with E-state index in [0.717, 1.165) is 16.8 Å². The molecule has 1 aliphatic rings. The first-order chi connectivity index (χ1) is 11.9. The van der Waals surface area contributed by atoms with Crippen LogP contribution >= 0.6 is 11.6 Å². The third kappa shape index (κ3) is 4.02. The van der Waals surface area contributed by atoms with Crippen LogP contribution in [0.1, 0.15) is 23.1 Å². The van der Waals surface area contributed by atoms with Gasteiger partial charge in [-0.05, 0) is 61.2 Å². The number of benzene rings is 2. The molecule has 0 aromatic heterocycles. The smallest absolute Gasteiger partial charge is 0.249 e. The Bertz CT molecular complexity index is 802. The van der Waals surface area contributed by atoms with E-state index in [1.165, 1.54) is 5.56 Å². The summed E-state index contributed by atoms with van der Waals surface area (Å²) in [6.07, 6.45) is 0.864. The van der Waals surface area contributed by atoms with Gasteiger partial charge < -0.3 is 10.2 Å². The van der Waals surface area contributed by atoms with Crippen molar-refractivity contribution >= 4 is 29.1 Å². The largest absolute Gasteiger partial charge is 0.344 e. The van der Waals surface area contributed by atoms with Gasteiger partial charge in [-0.1, -0.05) is 29.8 Å². The van der Waals surface area contributed by atoms with E-state index in [0.29, 0.717) is 18.0 Å². The summed E-state index contributed by atoms with van der Waals surface area (Å²) < 4.78 is 0. The van der Waals surface area contributed by atoms with E-state index in [9.17, 15) is 9.59 Å². The van der Waals surface area contributed by atoms with Crippen molar-refractivity contribution in [3.8, 4) is 0 Å². The van der Waals surface area contributed by atoms with E-state index in [1.807, 2.05) is 44.2 Å². The van der Waals surface area contributed by atoms with Gasteiger partial charge in [-0.3, -0.25) is 9.59 Å². The first-order valence-corrected chi connectivity index (χ1v) is 8.74. The summed E-state index contributed by atoms with van der Waals surface area (Å²) in [5, 5.41) is 3.49. The Balaban J connectivity index is 1.62. The van der Waals surface area contributed by atoms with Crippen molar-refractivity contribution in [3.63, 3.8) is 0 Å². The van der Waals surface area contributed by atoms with Crippen LogP contribution < -0.4 is 10.2 Å². The predicted octanol–water partition coefficient (Wildman–Crippen LogP) is 3.42. The number of nitrogens with one attached hydrogen (secondary N) is 1. The monoisotopic (exact) mass is 356 g/mol. The van der Waals surface area contributed by atoms with E-state index in [4.69, 9.17) is 11.6 Å². The normalized spacial score (nSPS) is 17.0. The molecule has 0 unspecified atom stereocenters. The molecule has 1 heterocycles. The number of anilines is 1. The summed E-state index contributed by atoms with van der Waals surface area (Å²) in [4.78, 5) is 26.6. The number of hydrogen-bond acceptors (Lipinski definition) is 2. The molecule has 4 nitrogen and oxygen atoms in total. The van der Waals surface area contributed by atoms with Gasteiger partial charge in [-0.15, -0.1) is 0 Å². The molecule has 0 radical (unpaired) electrons. The van der Waals surface area contributed by atoms with Gasteiger partial charge in [0.15, 0.2) is 0 Å². The lowest BCUT2D eigenvalue weighted by molar-refractivity contribution is -0.126. The summed E-state index contributed by atoms with van der Waals surface area (Å²) >= 11 is 5.85. The fourth-order valence-electron chi connectivity index (χ4n) is 3.00. The van der Waals surface area contributed by atoms with E-state index in [1.54, 1.807) is 17.0 Å². The zero-order valence-corrected chi connectivity index (χ0v) is 15.1. The molecule has 0 spiro atoms. The molecule has 2 amide bonds. The Hall–Kier alpha value is -2.33. The van der Waals surface area contributed by atoms with Crippen LogP contribution in [0.25, 0.3) is 0 Å². The molecule has 5 heteroatoms. The van der Waals surface area contributed by atoms with Gasteiger partial charge in [0.2, 0.25) is 11.8 Å². The third-order valence-corrected chi connectivity index (χ3v) is 4.87. The number of amides is 2. The molecule has 1 saturated heterocycles. The SMILES string of the molecule is Cc1ccc(N2CC[C@H](NC(=O)Cc3ccc(Cl)cc3)C2=O)cc1C. The van der Waals surface area contributed by atoms with Gasteiger partial charge in [0.25, 0.3) is 0 Å². The minimum atomic E-state index is -0.457. The van der Waals surface area contributed by atoms with Gasteiger partial charge in [-0.25, -0.2) is 0 Å². The topological polar surface area (TPSA) is 49.4 Å². The lowest BCUT2D eigenvalue weighted by Crippen LogP contribution is -2.42. The molecule has 3 rings (SSSR count). The zero-order chi connectivity index (χ0) is 18.0. The van der Waals surface area contributed by atoms with Crippen molar-refractivity contribution in [3.05, 3.63) is 64.2 Å². The average molecular weight is 357 g/mol. The summed E-state index contributed by atoms with van der Waals surface area (Å²) in [6.45, 7) is 4.70. The standard InChI is InChI=1S/C20H21ClN2O2/c1-13-3-8-17(11-14(13)2)23-10-9-18(20(23)25)22-19(24)12-15-4-6-16(21)7-5-15/h3-8,11,18H,9-10,12H2,1-2H3,(H,22,24)/t18-/m0/s1. The second kappa shape index (κ2) is 7.28. The average Bonchev–Trinajstić information content (AvgIpc) is 2.93. The lowest BCUT2D eigenvalue weighted by atomic mass is 10.1. The molecule has 25 heavy (non-hydrogen) atoms. The van der Waals surface area contributed by atoms with Crippen molar-refractivity contribution in [2.75, 3.05) is 11.4 Å². The maximum Gasteiger partial charge on any atom is 0.249 e. The van der Waals surface area contributed by atoms with Gasteiger partial charge >= 0.3 is 0 Å². The first kappa shape index (κ1) is 17.5. The van der Waals surface area contributed by atoms with Gasteiger partial charge in [0.1, 0.15) is 6.04 Å². The highest BCUT2D eigenvalue weighted by Crippen LogP contribution is 2.24. The second-order valence-electron chi connectivity index (χ2n) is 6.47. The van der Waals surface area contributed by atoms with E-state index < -0.39 is 6.04 Å². The Labute approximate surface area is 152 Å². The molecule has 0 aliphatic carbocycles. The molecule has 0 bridgehead atoms. The summed E-state index contributed by atoms with van der Waals surface area (Å²) in [5.74, 6) is -0.199. The zero-order valence-electron chi connectivity index (χ0n) is 14.4. The van der Waals surface area contributed by atoms with Crippen LogP contribution in [0, 0.1) is 13.8 Å². The number of nitrogens with zero attached hydrogens (tertiary/aromatic N) is 1. The Morgan fingerprint density at radius 3 is 2.56 bits per heavy atom. The second-order valence-corrected chi connectivity index (χ2v) is 6.91. The van der Waals surface area contributed by atoms with Gasteiger partial charge in [0.05, 0.1) is 6.42 Å². The highest BCUT2D eigenvalue weighted by molar-refractivity contribution is 6.30. The van der Waals surface area contributed by atoms with Gasteiger partial charge in [-0.2, -0.15) is 0 Å². The molecule has 2 aromatic rings. The molecule has 1 atom stereocenters. The highest BCUT2D eigenvalue weighted by atomic mass is 35.5. The molecular weight excluding hydrogens is 336 g/mol. The van der Waals surface area contributed by atoms with Gasteiger partial charge in [0, 0.05) is 17.3 Å². The maximum atomic E-state index is 12.6. The number of rotatable bonds is 4. The fraction of sp³-hybridized carbons (Fsp3) is 0.300. The predicted molar refractivity (Wildman–Crippen MR) is 100.0 cm³/mol. The van der Waals surface area contributed by atoms with Crippen molar-refractivity contribution in [2.45, 2.75) is 32.7 Å². The van der Waals surface area contributed by atoms with Crippen LogP contribution in [0.3, 0.4) is 0 Å². The van der Waals surface area contributed by atoms with Crippen LogP contribution in [-0.4, -0.2) is 24.4 Å². The van der Waals surface area contributed by atoms with E-state index >= 15 is 0 Å². The highest BCUT2D eigenvalue weighted by Gasteiger charge is 2.33.